The molecule has 0 bridgehead atoms. The first kappa shape index (κ1) is 18.2. The molecular weight excluding hydrogens is 402 g/mol. The Bertz CT molecular complexity index is 1780. The zero-order valence-corrected chi connectivity index (χ0v) is 18.2. The molecule has 0 amide bonds. The maximum atomic E-state index is 5.21. The molecular formula is C30H21N3. The molecule has 3 aromatic heterocycles. The van der Waals surface area contributed by atoms with Gasteiger partial charge in [-0.25, -0.2) is 4.98 Å². The van der Waals surface area contributed by atoms with Crippen LogP contribution in [0.4, 0.5) is 0 Å². The van der Waals surface area contributed by atoms with E-state index in [1.165, 1.54) is 49.2 Å². The molecule has 3 nitrogen and oxygen atoms in total. The fraction of sp³-hybridized carbons (Fsp3) is 0.0333. The first-order valence-corrected chi connectivity index (χ1v) is 11.3. The van der Waals surface area contributed by atoms with Crippen LogP contribution in [0.2, 0.25) is 0 Å². The normalized spacial score (nSPS) is 11.8. The summed E-state index contributed by atoms with van der Waals surface area (Å²) in [4.78, 5) is 5.21. The number of aromatic nitrogens is 3. The molecule has 0 aliphatic carbocycles. The Hall–Kier alpha value is -4.37. The molecule has 33 heavy (non-hydrogen) atoms. The van der Waals surface area contributed by atoms with E-state index in [4.69, 9.17) is 4.98 Å². The number of hydrogen-bond acceptors (Lipinski definition) is 1. The van der Waals surface area contributed by atoms with Gasteiger partial charge in [-0.1, -0.05) is 72.3 Å². The van der Waals surface area contributed by atoms with Gasteiger partial charge in [0.2, 0.25) is 0 Å². The molecule has 0 atom stereocenters. The number of aryl methyl sites for hydroxylation is 1. The van der Waals surface area contributed by atoms with E-state index in [-0.39, 0.29) is 0 Å². The Morgan fingerprint density at radius 3 is 1.45 bits per heavy atom. The fourth-order valence-electron chi connectivity index (χ4n) is 5.16. The summed E-state index contributed by atoms with van der Waals surface area (Å²) in [7, 11) is 0. The summed E-state index contributed by atoms with van der Waals surface area (Å²) in [5.74, 6) is 1.84. The third kappa shape index (κ3) is 2.60. The molecule has 3 heteroatoms. The average molecular weight is 424 g/mol. The Kier molecular flexibility index (Phi) is 3.76. The number of rotatable bonds is 2. The van der Waals surface area contributed by atoms with Gasteiger partial charge >= 0.3 is 0 Å². The van der Waals surface area contributed by atoms with E-state index in [1.54, 1.807) is 0 Å². The molecule has 7 rings (SSSR count). The van der Waals surface area contributed by atoms with Crippen molar-refractivity contribution in [2.24, 2.45) is 0 Å². The highest BCUT2D eigenvalue weighted by Crippen LogP contribution is 2.34. The Morgan fingerprint density at radius 2 is 0.909 bits per heavy atom. The first-order chi connectivity index (χ1) is 16.3. The highest BCUT2D eigenvalue weighted by atomic mass is 15.1. The van der Waals surface area contributed by atoms with Crippen molar-refractivity contribution in [3.8, 4) is 11.6 Å². The lowest BCUT2D eigenvalue weighted by Gasteiger charge is -2.11. The quantitative estimate of drug-likeness (QED) is 0.281. The Labute approximate surface area is 191 Å². The van der Waals surface area contributed by atoms with Gasteiger partial charge < -0.3 is 0 Å². The number of nitrogens with zero attached hydrogens (tertiary/aromatic N) is 3. The summed E-state index contributed by atoms with van der Waals surface area (Å²) in [6.45, 7) is 2.15. The van der Waals surface area contributed by atoms with Crippen molar-refractivity contribution in [1.82, 2.24) is 14.1 Å². The van der Waals surface area contributed by atoms with E-state index >= 15 is 0 Å². The molecule has 7 aromatic rings. The second-order valence-electron chi connectivity index (χ2n) is 8.60. The zero-order valence-electron chi connectivity index (χ0n) is 18.2. The second kappa shape index (κ2) is 6.81. The highest BCUT2D eigenvalue weighted by molar-refractivity contribution is 6.10. The van der Waals surface area contributed by atoms with Crippen LogP contribution in [0, 0.1) is 6.92 Å². The van der Waals surface area contributed by atoms with Crippen LogP contribution in [0.25, 0.3) is 55.2 Å². The Balaban J connectivity index is 1.55. The number of para-hydroxylation sites is 3. The number of hydrogen-bond donors (Lipinski definition) is 0. The Morgan fingerprint density at radius 1 is 0.455 bits per heavy atom. The van der Waals surface area contributed by atoms with Gasteiger partial charge in [0.05, 0.1) is 22.1 Å². The van der Waals surface area contributed by atoms with E-state index in [0.29, 0.717) is 0 Å². The van der Waals surface area contributed by atoms with Crippen LogP contribution in [-0.4, -0.2) is 14.1 Å². The summed E-state index contributed by atoms with van der Waals surface area (Å²) in [5, 5.41) is 5.00. The van der Waals surface area contributed by atoms with E-state index in [2.05, 4.69) is 125 Å². The molecule has 156 valence electrons. The van der Waals surface area contributed by atoms with E-state index in [1.807, 2.05) is 0 Å². The third-order valence-corrected chi connectivity index (χ3v) is 6.59. The van der Waals surface area contributed by atoms with Gasteiger partial charge in [0, 0.05) is 21.5 Å². The van der Waals surface area contributed by atoms with Crippen molar-refractivity contribution >= 4 is 43.6 Å². The van der Waals surface area contributed by atoms with Crippen LogP contribution in [0.15, 0.2) is 109 Å². The predicted octanol–water partition coefficient (Wildman–Crippen LogP) is 7.58. The van der Waals surface area contributed by atoms with Crippen LogP contribution in [0.1, 0.15) is 5.56 Å². The van der Waals surface area contributed by atoms with Crippen LogP contribution < -0.4 is 0 Å². The minimum absolute atomic E-state index is 0.919. The summed E-state index contributed by atoms with van der Waals surface area (Å²) >= 11 is 0. The lowest BCUT2D eigenvalue weighted by atomic mass is 10.1. The summed E-state index contributed by atoms with van der Waals surface area (Å²) < 4.78 is 4.55. The molecule has 0 fully saturated rings. The molecule has 0 aliphatic rings. The molecule has 3 heterocycles. The van der Waals surface area contributed by atoms with Crippen molar-refractivity contribution in [2.45, 2.75) is 6.92 Å². The maximum Gasteiger partial charge on any atom is 0.140 e. The molecule has 0 aliphatic heterocycles. The molecule has 0 radical (unpaired) electrons. The molecule has 0 spiro atoms. The summed E-state index contributed by atoms with van der Waals surface area (Å²) in [6, 6.07) is 38.7. The van der Waals surface area contributed by atoms with Crippen LogP contribution in [0.3, 0.4) is 0 Å². The molecule has 4 aromatic carbocycles. The lowest BCUT2D eigenvalue weighted by Crippen LogP contribution is -2.03. The van der Waals surface area contributed by atoms with Gasteiger partial charge in [-0.2, -0.15) is 0 Å². The molecule has 0 saturated carbocycles. The monoisotopic (exact) mass is 423 g/mol. The number of pyridine rings is 1. The highest BCUT2D eigenvalue weighted by Gasteiger charge is 2.16. The van der Waals surface area contributed by atoms with E-state index in [0.717, 1.165) is 11.6 Å². The second-order valence-corrected chi connectivity index (χ2v) is 8.60. The van der Waals surface area contributed by atoms with Gasteiger partial charge in [0.1, 0.15) is 11.6 Å². The topological polar surface area (TPSA) is 22.8 Å². The van der Waals surface area contributed by atoms with Gasteiger partial charge in [-0.3, -0.25) is 9.13 Å². The van der Waals surface area contributed by atoms with E-state index < -0.39 is 0 Å². The zero-order chi connectivity index (χ0) is 21.9. The standard InChI is InChI=1S/C30H21N3/c1-20-17-18-28-24(19-20)23-11-4-7-14-27(23)33(28)30-16-8-15-29(31-30)32-25-12-5-2-9-21(25)22-10-3-6-13-26(22)32/h2-19H,1H3. The van der Waals surface area contributed by atoms with Gasteiger partial charge in [0.15, 0.2) is 0 Å². The predicted molar refractivity (Wildman–Crippen MR) is 138 cm³/mol. The molecule has 0 N–H and O–H groups in total. The van der Waals surface area contributed by atoms with Crippen molar-refractivity contribution in [3.05, 3.63) is 115 Å². The third-order valence-electron chi connectivity index (χ3n) is 6.59. The SMILES string of the molecule is Cc1ccc2c(c1)c1ccccc1n2-c1cccc(-n2c3ccccc3c3ccccc32)n1. The van der Waals surface area contributed by atoms with Crippen molar-refractivity contribution in [3.63, 3.8) is 0 Å². The first-order valence-electron chi connectivity index (χ1n) is 11.3. The number of fused-ring (bicyclic) bond motifs is 6. The van der Waals surface area contributed by atoms with Gasteiger partial charge in [-0.05, 0) is 49.4 Å². The van der Waals surface area contributed by atoms with Crippen LogP contribution >= 0.6 is 0 Å². The van der Waals surface area contributed by atoms with Gasteiger partial charge in [0.25, 0.3) is 0 Å². The van der Waals surface area contributed by atoms with Crippen molar-refractivity contribution in [2.75, 3.05) is 0 Å². The van der Waals surface area contributed by atoms with Crippen molar-refractivity contribution < 1.29 is 0 Å². The van der Waals surface area contributed by atoms with Gasteiger partial charge in [-0.15, -0.1) is 0 Å². The summed E-state index contributed by atoms with van der Waals surface area (Å²) in [6.07, 6.45) is 0. The van der Waals surface area contributed by atoms with Crippen molar-refractivity contribution in [1.29, 1.82) is 0 Å². The van der Waals surface area contributed by atoms with Crippen LogP contribution in [0.5, 0.6) is 0 Å². The lowest BCUT2D eigenvalue weighted by molar-refractivity contribution is 1.01. The van der Waals surface area contributed by atoms with Crippen LogP contribution in [-0.2, 0) is 0 Å². The largest absolute Gasteiger partial charge is 0.294 e. The minimum atomic E-state index is 0.919. The summed E-state index contributed by atoms with van der Waals surface area (Å²) in [5.41, 5.74) is 5.94. The fourth-order valence-corrected chi connectivity index (χ4v) is 5.16. The smallest absolute Gasteiger partial charge is 0.140 e. The molecule has 0 saturated heterocycles. The number of benzene rings is 4. The molecule has 0 unspecified atom stereocenters. The average Bonchev–Trinajstić information content (AvgIpc) is 3.37. The van der Waals surface area contributed by atoms with E-state index in [9.17, 15) is 0 Å². The minimum Gasteiger partial charge on any atom is -0.294 e. The maximum absolute atomic E-state index is 5.21.